The number of rotatable bonds is 10. The molecule has 3 aromatic carbocycles. The van der Waals surface area contributed by atoms with Crippen molar-refractivity contribution in [2.75, 3.05) is 33.9 Å². The summed E-state index contributed by atoms with van der Waals surface area (Å²) in [5.74, 6) is 0.0305. The maximum atomic E-state index is 14.5. The van der Waals surface area contributed by atoms with Crippen LogP contribution >= 0.6 is 11.3 Å². The average molecular weight is 675 g/mol. The van der Waals surface area contributed by atoms with Crippen molar-refractivity contribution in [3.63, 3.8) is 0 Å². The van der Waals surface area contributed by atoms with Gasteiger partial charge in [-0.1, -0.05) is 36.4 Å². The molecule has 12 nitrogen and oxygen atoms in total. The van der Waals surface area contributed by atoms with E-state index >= 15 is 0 Å². The van der Waals surface area contributed by atoms with Crippen molar-refractivity contribution in [3.8, 4) is 17.2 Å². The van der Waals surface area contributed by atoms with Crippen molar-refractivity contribution in [1.82, 2.24) is 30.1 Å². The number of amides is 4. The Morgan fingerprint density at radius 2 is 1.92 bits per heavy atom. The van der Waals surface area contributed by atoms with Gasteiger partial charge in [-0.3, -0.25) is 9.59 Å². The van der Waals surface area contributed by atoms with Gasteiger partial charge in [-0.25, -0.2) is 24.2 Å². The fraction of sp³-hybridized carbons (Fsp3) is 0.294. The summed E-state index contributed by atoms with van der Waals surface area (Å²) in [7, 11) is 3.05. The molecule has 0 aliphatic carbocycles. The number of aromatic nitrogens is 1. The van der Waals surface area contributed by atoms with E-state index in [4.69, 9.17) is 9.47 Å². The van der Waals surface area contributed by atoms with Gasteiger partial charge in [0, 0.05) is 31.6 Å². The van der Waals surface area contributed by atoms with Crippen LogP contribution in [0.5, 0.6) is 17.2 Å². The number of nitrogens with zero attached hydrogens (tertiary/aromatic N) is 5. The highest BCUT2D eigenvalue weighted by Crippen LogP contribution is 2.33. The average Bonchev–Trinajstić information content (AvgIpc) is 3.59. The zero-order valence-electron chi connectivity index (χ0n) is 26.5. The van der Waals surface area contributed by atoms with Gasteiger partial charge in [-0.15, -0.1) is 17.9 Å². The zero-order chi connectivity index (χ0) is 33.9. The molecule has 0 spiro atoms. The number of hydrogen-bond acceptors (Lipinski definition) is 9. The standard InChI is InChI=1S/C34H35FN6O6S/c1-4-14-39-19-29(43)40-26(15-21-8-11-24(42)12-9-21)33(44)38(17-23-10-13-25(35)32-30(23)37-20-48-32)18-28(40)41(39)34(45)36-16-22-6-5-7-27(46-2)31(22)47-3/h4-13,20,26,28,42H,1,14-19H2,2-3H3,(H,36,45)/t26-,28-/m0/s1. The third-order valence-electron chi connectivity index (χ3n) is 8.54. The van der Waals surface area contributed by atoms with Crippen LogP contribution in [-0.2, 0) is 29.1 Å². The molecule has 0 radical (unpaired) electrons. The number of piperazine rings is 1. The zero-order valence-corrected chi connectivity index (χ0v) is 27.3. The summed E-state index contributed by atoms with van der Waals surface area (Å²) in [6.07, 6.45) is 0.862. The number of phenols is 1. The van der Waals surface area contributed by atoms with Crippen molar-refractivity contribution in [1.29, 1.82) is 0 Å². The van der Waals surface area contributed by atoms with Gasteiger partial charge in [0.2, 0.25) is 11.8 Å². The summed E-state index contributed by atoms with van der Waals surface area (Å²) in [6, 6.07) is 13.3. The third kappa shape index (κ3) is 6.23. The lowest BCUT2D eigenvalue weighted by molar-refractivity contribution is -0.189. The number of carbonyl (C=O) groups is 3. The Morgan fingerprint density at radius 3 is 2.65 bits per heavy atom. The van der Waals surface area contributed by atoms with Crippen molar-refractivity contribution in [3.05, 3.63) is 95.3 Å². The number of methoxy groups -OCH3 is 2. The van der Waals surface area contributed by atoms with Crippen LogP contribution < -0.4 is 14.8 Å². The highest BCUT2D eigenvalue weighted by atomic mass is 32.1. The lowest BCUT2D eigenvalue weighted by Gasteiger charge is -2.55. The molecule has 4 aromatic rings. The third-order valence-corrected chi connectivity index (χ3v) is 9.37. The van der Waals surface area contributed by atoms with Crippen molar-refractivity contribution >= 4 is 39.4 Å². The SMILES string of the molecule is C=CCN1CC(=O)N2[C@@H](Cc3ccc(O)cc3)C(=O)N(Cc3ccc(F)c4scnc34)C[C@@H]2N1C(=O)NCc1cccc(OC)c1OC. The van der Waals surface area contributed by atoms with Gasteiger partial charge in [-0.2, -0.15) is 0 Å². The molecule has 0 bridgehead atoms. The molecule has 3 heterocycles. The smallest absolute Gasteiger partial charge is 0.334 e. The highest BCUT2D eigenvalue weighted by molar-refractivity contribution is 7.16. The molecule has 2 N–H and O–H groups in total. The number of hydrogen-bond donors (Lipinski definition) is 2. The molecular weight excluding hydrogens is 639 g/mol. The van der Waals surface area contributed by atoms with E-state index in [1.54, 1.807) is 51.8 Å². The molecule has 14 heteroatoms. The number of halogens is 1. The number of aromatic hydroxyl groups is 1. The number of nitrogens with one attached hydrogen (secondary N) is 1. The quantitative estimate of drug-likeness (QED) is 0.243. The first-order valence-corrected chi connectivity index (χ1v) is 16.1. The molecule has 2 fully saturated rings. The van der Waals surface area contributed by atoms with E-state index in [0.29, 0.717) is 32.8 Å². The normalized spacial score (nSPS) is 18.2. The predicted octanol–water partition coefficient (Wildman–Crippen LogP) is 3.89. The van der Waals surface area contributed by atoms with Gasteiger partial charge >= 0.3 is 6.03 Å². The summed E-state index contributed by atoms with van der Waals surface area (Å²) in [6.45, 7) is 4.03. The molecule has 1 aromatic heterocycles. The molecule has 4 amide bonds. The Morgan fingerprint density at radius 1 is 1.12 bits per heavy atom. The number of fused-ring (bicyclic) bond motifs is 2. The minimum absolute atomic E-state index is 0.0107. The van der Waals surface area contributed by atoms with E-state index < -0.39 is 24.1 Å². The van der Waals surface area contributed by atoms with Gasteiger partial charge < -0.3 is 29.7 Å². The van der Waals surface area contributed by atoms with E-state index in [-0.39, 0.29) is 56.7 Å². The van der Waals surface area contributed by atoms with E-state index in [2.05, 4.69) is 16.9 Å². The van der Waals surface area contributed by atoms with E-state index in [0.717, 1.165) is 5.56 Å². The molecular formula is C34H35FN6O6S. The molecule has 2 saturated heterocycles. The Kier molecular flexibility index (Phi) is 9.46. The number of ether oxygens (including phenoxy) is 2. The van der Waals surface area contributed by atoms with E-state index in [1.807, 2.05) is 6.07 Å². The van der Waals surface area contributed by atoms with Crippen LogP contribution in [0.1, 0.15) is 16.7 Å². The second-order valence-corrected chi connectivity index (χ2v) is 12.3. The number of phenolic OH excluding ortho intramolecular Hbond substituents is 1. The summed E-state index contributed by atoms with van der Waals surface area (Å²) in [5, 5.41) is 15.9. The molecule has 2 aliphatic heterocycles. The second-order valence-electron chi connectivity index (χ2n) is 11.4. The first-order chi connectivity index (χ1) is 23.2. The first kappa shape index (κ1) is 32.7. The van der Waals surface area contributed by atoms with Gasteiger partial charge in [0.05, 0.1) is 43.0 Å². The van der Waals surface area contributed by atoms with Gasteiger partial charge in [-0.05, 0) is 35.4 Å². The predicted molar refractivity (Wildman–Crippen MR) is 177 cm³/mol. The lowest BCUT2D eigenvalue weighted by Crippen LogP contribution is -2.76. The van der Waals surface area contributed by atoms with Crippen molar-refractivity contribution in [2.24, 2.45) is 0 Å². The Labute approximate surface area is 280 Å². The summed E-state index contributed by atoms with van der Waals surface area (Å²) < 4.78 is 25.9. The van der Waals surface area contributed by atoms with Crippen LogP contribution in [0.2, 0.25) is 0 Å². The molecule has 48 heavy (non-hydrogen) atoms. The Balaban J connectivity index is 1.36. The van der Waals surface area contributed by atoms with Crippen molar-refractivity contribution in [2.45, 2.75) is 31.7 Å². The minimum atomic E-state index is -0.966. The van der Waals surface area contributed by atoms with E-state index in [1.165, 1.54) is 53.7 Å². The fourth-order valence-electron chi connectivity index (χ4n) is 6.35. The summed E-state index contributed by atoms with van der Waals surface area (Å²) in [5.41, 5.74) is 4.06. The second kappa shape index (κ2) is 13.9. The van der Waals surface area contributed by atoms with Gasteiger partial charge in [0.15, 0.2) is 11.5 Å². The number of urea groups is 1. The largest absolute Gasteiger partial charge is 0.508 e. The number of para-hydroxylation sites is 1. The summed E-state index contributed by atoms with van der Waals surface area (Å²) >= 11 is 1.17. The van der Waals surface area contributed by atoms with Crippen LogP contribution in [0.4, 0.5) is 9.18 Å². The number of thiazole rings is 1. The fourth-order valence-corrected chi connectivity index (χ4v) is 7.09. The van der Waals surface area contributed by atoms with E-state index in [9.17, 15) is 23.9 Å². The highest BCUT2D eigenvalue weighted by Gasteiger charge is 2.51. The van der Waals surface area contributed by atoms with Gasteiger partial charge in [0.1, 0.15) is 23.8 Å². The molecule has 250 valence electrons. The number of benzene rings is 3. The van der Waals surface area contributed by atoms with Crippen molar-refractivity contribution < 1.29 is 33.4 Å². The van der Waals surface area contributed by atoms with Crippen LogP contribution in [0.25, 0.3) is 10.2 Å². The first-order valence-electron chi connectivity index (χ1n) is 15.2. The van der Waals surface area contributed by atoms with Crippen LogP contribution in [-0.4, -0.2) is 93.8 Å². The number of hydrazine groups is 1. The number of carbonyl (C=O) groups excluding carboxylic acids is 3. The van der Waals surface area contributed by atoms with Crippen LogP contribution in [0.15, 0.2) is 72.8 Å². The Bertz CT molecular complexity index is 1850. The Hall–Kier alpha value is -5.21. The monoisotopic (exact) mass is 674 g/mol. The maximum Gasteiger partial charge on any atom is 0.334 e. The minimum Gasteiger partial charge on any atom is -0.508 e. The maximum absolute atomic E-state index is 14.5. The lowest BCUT2D eigenvalue weighted by atomic mass is 9.98. The van der Waals surface area contributed by atoms with Crippen LogP contribution in [0, 0.1) is 5.82 Å². The topological polar surface area (TPSA) is 128 Å². The molecule has 0 saturated carbocycles. The van der Waals surface area contributed by atoms with Gasteiger partial charge in [0.25, 0.3) is 0 Å². The summed E-state index contributed by atoms with van der Waals surface area (Å²) in [4.78, 5) is 49.7. The molecule has 2 aliphatic rings. The molecule has 0 unspecified atom stereocenters. The molecule has 2 atom stereocenters. The van der Waals surface area contributed by atoms with Crippen LogP contribution in [0.3, 0.4) is 0 Å². The molecule has 6 rings (SSSR count).